The number of rotatable bonds is 7. The molecule has 0 aliphatic rings. The highest BCUT2D eigenvalue weighted by atomic mass is 32.1. The van der Waals surface area contributed by atoms with Gasteiger partial charge in [0, 0.05) is 10.4 Å². The largest absolute Gasteiger partial charge is 0.493 e. The summed E-state index contributed by atoms with van der Waals surface area (Å²) in [5.41, 5.74) is 1.73. The molecule has 2 rings (SSSR count). The number of esters is 1. The zero-order valence-corrected chi connectivity index (χ0v) is 17.3. The van der Waals surface area contributed by atoms with E-state index in [2.05, 4.69) is 5.32 Å². The summed E-state index contributed by atoms with van der Waals surface area (Å²) < 4.78 is 15.8. The minimum absolute atomic E-state index is 0.239. The van der Waals surface area contributed by atoms with Gasteiger partial charge in [0.1, 0.15) is 5.00 Å². The Kier molecular flexibility index (Phi) is 6.85. The number of carbonyl (C=O) groups excluding carboxylic acids is 2. The maximum atomic E-state index is 12.7. The molecule has 0 aliphatic carbocycles. The topological polar surface area (TPSA) is 73.9 Å². The summed E-state index contributed by atoms with van der Waals surface area (Å²) >= 11 is 1.37. The van der Waals surface area contributed by atoms with Gasteiger partial charge in [0.25, 0.3) is 5.91 Å². The molecule has 146 valence electrons. The molecule has 7 heteroatoms. The summed E-state index contributed by atoms with van der Waals surface area (Å²) in [6, 6.07) is 4.91. The smallest absolute Gasteiger partial charge is 0.341 e. The Morgan fingerprint density at radius 3 is 2.37 bits per heavy atom. The normalized spacial score (nSPS) is 10.6. The van der Waals surface area contributed by atoms with Crippen LogP contribution >= 0.6 is 11.3 Å². The van der Waals surface area contributed by atoms with Crippen LogP contribution in [-0.2, 0) is 11.2 Å². The fourth-order valence-corrected chi connectivity index (χ4v) is 3.86. The van der Waals surface area contributed by atoms with Crippen LogP contribution in [0, 0.1) is 6.92 Å². The van der Waals surface area contributed by atoms with Crippen LogP contribution in [0.2, 0.25) is 0 Å². The van der Waals surface area contributed by atoms with E-state index in [4.69, 9.17) is 14.2 Å². The number of nitrogens with one attached hydrogen (secondary N) is 1. The van der Waals surface area contributed by atoms with Crippen LogP contribution in [0.25, 0.3) is 0 Å². The second-order valence-corrected chi connectivity index (χ2v) is 7.40. The Morgan fingerprint density at radius 1 is 1.15 bits per heavy atom. The summed E-state index contributed by atoms with van der Waals surface area (Å²) in [7, 11) is 3.04. The summed E-state index contributed by atoms with van der Waals surface area (Å²) in [5, 5.41) is 3.34. The predicted molar refractivity (Wildman–Crippen MR) is 106 cm³/mol. The lowest BCUT2D eigenvalue weighted by Crippen LogP contribution is -2.17. The van der Waals surface area contributed by atoms with Gasteiger partial charge in [0.05, 0.1) is 25.9 Å². The lowest BCUT2D eigenvalue weighted by atomic mass is 10.1. The van der Waals surface area contributed by atoms with E-state index in [0.29, 0.717) is 34.0 Å². The number of hydrogen-bond donors (Lipinski definition) is 1. The number of thiophene rings is 1. The number of benzene rings is 1. The molecule has 0 spiro atoms. The fraction of sp³-hybridized carbons (Fsp3) is 0.400. The van der Waals surface area contributed by atoms with E-state index in [0.717, 1.165) is 10.4 Å². The Hall–Kier alpha value is -2.54. The van der Waals surface area contributed by atoms with Crippen molar-refractivity contribution in [2.75, 3.05) is 19.5 Å². The van der Waals surface area contributed by atoms with E-state index in [1.54, 1.807) is 32.0 Å². The van der Waals surface area contributed by atoms with Crippen LogP contribution < -0.4 is 14.8 Å². The van der Waals surface area contributed by atoms with Gasteiger partial charge in [-0.15, -0.1) is 11.3 Å². The molecule has 0 saturated heterocycles. The van der Waals surface area contributed by atoms with Gasteiger partial charge in [0.2, 0.25) is 0 Å². The molecular weight excluding hydrogens is 366 g/mol. The number of ether oxygens (including phenoxy) is 3. The average molecular weight is 391 g/mol. The average Bonchev–Trinajstić information content (AvgIpc) is 2.95. The summed E-state index contributed by atoms with van der Waals surface area (Å²) in [5.74, 6) is 0.240. The highest BCUT2D eigenvalue weighted by Crippen LogP contribution is 2.35. The van der Waals surface area contributed by atoms with E-state index in [1.165, 1.54) is 25.6 Å². The van der Waals surface area contributed by atoms with Crippen LogP contribution in [0.15, 0.2) is 18.2 Å². The lowest BCUT2D eigenvalue weighted by Gasteiger charge is -2.12. The predicted octanol–water partition coefficient (Wildman–Crippen LogP) is 4.45. The van der Waals surface area contributed by atoms with Crippen molar-refractivity contribution in [2.45, 2.75) is 40.2 Å². The van der Waals surface area contributed by atoms with Crippen molar-refractivity contribution >= 4 is 28.2 Å². The molecule has 0 bridgehead atoms. The third-order valence-electron chi connectivity index (χ3n) is 3.98. The van der Waals surface area contributed by atoms with Crippen LogP contribution in [0.3, 0.4) is 0 Å². The third-order valence-corrected chi connectivity index (χ3v) is 5.05. The standard InChI is InChI=1S/C20H25NO5S/c1-7-14-12(4)27-19(17(14)20(23)26-11(2)3)21-18(22)13-8-9-15(24-5)16(10-13)25-6/h8-11H,7H2,1-6H3,(H,21,22). The molecule has 6 nitrogen and oxygen atoms in total. The summed E-state index contributed by atoms with van der Waals surface area (Å²) in [4.78, 5) is 26.3. The fourth-order valence-electron chi connectivity index (χ4n) is 2.73. The first-order valence-corrected chi connectivity index (χ1v) is 9.50. The Bertz CT molecular complexity index is 841. The molecule has 1 aromatic carbocycles. The Balaban J connectivity index is 2.36. The van der Waals surface area contributed by atoms with Crippen LogP contribution in [0.4, 0.5) is 5.00 Å². The minimum Gasteiger partial charge on any atom is -0.493 e. The molecule has 1 N–H and O–H groups in total. The molecule has 2 aromatic rings. The SMILES string of the molecule is CCc1c(C)sc(NC(=O)c2ccc(OC)c(OC)c2)c1C(=O)OC(C)C. The maximum absolute atomic E-state index is 12.7. The molecule has 0 aliphatic heterocycles. The van der Waals surface area contributed by atoms with Crippen molar-refractivity contribution in [3.05, 3.63) is 39.8 Å². The number of anilines is 1. The van der Waals surface area contributed by atoms with Crippen molar-refractivity contribution in [3.8, 4) is 11.5 Å². The molecule has 1 amide bonds. The van der Waals surface area contributed by atoms with Gasteiger partial charge in [-0.3, -0.25) is 4.79 Å². The monoisotopic (exact) mass is 391 g/mol. The third kappa shape index (κ3) is 4.60. The van der Waals surface area contributed by atoms with E-state index in [1.807, 2.05) is 13.8 Å². The van der Waals surface area contributed by atoms with Gasteiger partial charge >= 0.3 is 5.97 Å². The zero-order valence-electron chi connectivity index (χ0n) is 16.5. The molecule has 0 atom stereocenters. The molecule has 0 unspecified atom stereocenters. The van der Waals surface area contributed by atoms with E-state index >= 15 is 0 Å². The number of hydrogen-bond acceptors (Lipinski definition) is 6. The van der Waals surface area contributed by atoms with Gasteiger partial charge in [-0.25, -0.2) is 4.79 Å². The summed E-state index contributed by atoms with van der Waals surface area (Å²) in [6.45, 7) is 7.50. The van der Waals surface area contributed by atoms with Crippen molar-refractivity contribution in [1.82, 2.24) is 0 Å². The zero-order chi connectivity index (χ0) is 20.1. The van der Waals surface area contributed by atoms with E-state index in [9.17, 15) is 9.59 Å². The first kappa shape index (κ1) is 20.8. The number of amides is 1. The highest BCUT2D eigenvalue weighted by Gasteiger charge is 2.25. The van der Waals surface area contributed by atoms with E-state index < -0.39 is 5.97 Å². The number of methoxy groups -OCH3 is 2. The number of carbonyl (C=O) groups is 2. The van der Waals surface area contributed by atoms with Gasteiger partial charge in [-0.1, -0.05) is 6.92 Å². The minimum atomic E-state index is -0.422. The summed E-state index contributed by atoms with van der Waals surface area (Å²) in [6.07, 6.45) is 0.439. The van der Waals surface area contributed by atoms with Gasteiger partial charge < -0.3 is 19.5 Å². The molecule has 27 heavy (non-hydrogen) atoms. The molecule has 0 radical (unpaired) electrons. The molecule has 0 saturated carbocycles. The first-order chi connectivity index (χ1) is 12.8. The van der Waals surface area contributed by atoms with Crippen molar-refractivity contribution in [2.24, 2.45) is 0 Å². The molecule has 1 heterocycles. The van der Waals surface area contributed by atoms with Crippen LogP contribution in [0.5, 0.6) is 11.5 Å². The number of aryl methyl sites for hydroxylation is 1. The first-order valence-electron chi connectivity index (χ1n) is 8.68. The maximum Gasteiger partial charge on any atom is 0.341 e. The van der Waals surface area contributed by atoms with Crippen molar-refractivity contribution in [3.63, 3.8) is 0 Å². The van der Waals surface area contributed by atoms with Crippen molar-refractivity contribution in [1.29, 1.82) is 0 Å². The van der Waals surface area contributed by atoms with Crippen LogP contribution in [0.1, 0.15) is 51.9 Å². The molecule has 1 aromatic heterocycles. The van der Waals surface area contributed by atoms with Gasteiger partial charge in [-0.05, 0) is 51.0 Å². The quantitative estimate of drug-likeness (QED) is 0.706. The Labute approximate surface area is 163 Å². The highest BCUT2D eigenvalue weighted by molar-refractivity contribution is 7.16. The van der Waals surface area contributed by atoms with Crippen molar-refractivity contribution < 1.29 is 23.8 Å². The Morgan fingerprint density at radius 2 is 1.81 bits per heavy atom. The van der Waals surface area contributed by atoms with Crippen LogP contribution in [-0.4, -0.2) is 32.2 Å². The second-order valence-electron chi connectivity index (χ2n) is 6.17. The second kappa shape index (κ2) is 8.90. The van der Waals surface area contributed by atoms with Gasteiger partial charge in [-0.2, -0.15) is 0 Å². The molecular formula is C20H25NO5S. The van der Waals surface area contributed by atoms with E-state index in [-0.39, 0.29) is 12.0 Å². The molecule has 0 fully saturated rings. The van der Waals surface area contributed by atoms with Gasteiger partial charge in [0.15, 0.2) is 11.5 Å². The lowest BCUT2D eigenvalue weighted by molar-refractivity contribution is 0.0378.